The van der Waals surface area contributed by atoms with E-state index in [-0.39, 0.29) is 17.7 Å². The Hall–Kier alpha value is -2.64. The zero-order chi connectivity index (χ0) is 21.0. The van der Waals surface area contributed by atoms with E-state index in [2.05, 4.69) is 20.9 Å². The number of nitrogens with zero attached hydrogens (tertiary/aromatic N) is 2. The van der Waals surface area contributed by atoms with Gasteiger partial charge in [-0.3, -0.25) is 9.59 Å². The number of likely N-dealkylation sites (N-methyl/N-ethyl adjacent to an activating group) is 2. The van der Waals surface area contributed by atoms with Crippen molar-refractivity contribution in [2.75, 3.05) is 59.7 Å². The Morgan fingerprint density at radius 3 is 2.45 bits per heavy atom. The average Bonchev–Trinajstić information content (AvgIpc) is 2.67. The quantitative estimate of drug-likeness (QED) is 0.606. The highest BCUT2D eigenvalue weighted by molar-refractivity contribution is 6.09. The fraction of sp³-hybridized carbons (Fsp3) is 0.455. The summed E-state index contributed by atoms with van der Waals surface area (Å²) in [6.07, 6.45) is 3.71. The molecular formula is C22H31N5O2. The van der Waals surface area contributed by atoms with Crippen LogP contribution >= 0.6 is 0 Å². The summed E-state index contributed by atoms with van der Waals surface area (Å²) in [6.45, 7) is 2.90. The zero-order valence-corrected chi connectivity index (χ0v) is 17.7. The van der Waals surface area contributed by atoms with E-state index < -0.39 is 5.92 Å². The largest absolute Gasteiger partial charge is 0.386 e. The molecule has 1 aliphatic carbocycles. The summed E-state index contributed by atoms with van der Waals surface area (Å²) in [5.41, 5.74) is 2.90. The third kappa shape index (κ3) is 4.86. The number of ketones is 1. The third-order valence-electron chi connectivity index (χ3n) is 5.23. The number of amides is 1. The van der Waals surface area contributed by atoms with Crippen LogP contribution in [0.5, 0.6) is 0 Å². The van der Waals surface area contributed by atoms with Gasteiger partial charge in [0, 0.05) is 48.7 Å². The zero-order valence-electron chi connectivity index (χ0n) is 17.7. The van der Waals surface area contributed by atoms with Gasteiger partial charge in [0.25, 0.3) is 0 Å². The molecule has 3 N–H and O–H groups in total. The van der Waals surface area contributed by atoms with E-state index in [0.29, 0.717) is 17.7 Å². The molecule has 0 fully saturated rings. The van der Waals surface area contributed by atoms with Crippen molar-refractivity contribution >= 4 is 17.4 Å². The van der Waals surface area contributed by atoms with Crippen LogP contribution in [0.15, 0.2) is 47.7 Å². The van der Waals surface area contributed by atoms with Crippen LogP contribution in [0.3, 0.4) is 0 Å². The Balaban J connectivity index is 1.86. The van der Waals surface area contributed by atoms with Crippen LogP contribution in [-0.2, 0) is 4.79 Å². The highest BCUT2D eigenvalue weighted by Crippen LogP contribution is 2.36. The minimum atomic E-state index is -0.438. The van der Waals surface area contributed by atoms with Crippen LogP contribution in [-0.4, -0.2) is 81.9 Å². The molecule has 2 unspecified atom stereocenters. The molecule has 2 aliphatic rings. The molecule has 0 saturated heterocycles. The van der Waals surface area contributed by atoms with Crippen LogP contribution < -0.4 is 16.0 Å². The molecule has 29 heavy (non-hydrogen) atoms. The number of rotatable bonds is 8. The molecule has 1 aromatic carbocycles. The Labute approximate surface area is 172 Å². The summed E-state index contributed by atoms with van der Waals surface area (Å²) < 4.78 is 0. The fourth-order valence-electron chi connectivity index (χ4n) is 3.66. The van der Waals surface area contributed by atoms with Gasteiger partial charge in [0.15, 0.2) is 5.78 Å². The van der Waals surface area contributed by atoms with Crippen molar-refractivity contribution in [1.82, 2.24) is 20.4 Å². The van der Waals surface area contributed by atoms with Gasteiger partial charge in [0.1, 0.15) is 0 Å². The smallest absolute Gasteiger partial charge is 0.249 e. The molecule has 1 aromatic rings. The standard InChI is InChI=1S/C22H31N5O2/c1-26(2)13-11-23-18-10-9-16(22(29)24-12-14-27(3)4)20-19(18)21(28)15-7-5-6-8-17(15)25-20/h5-10,19-20,23,25H,11-14H2,1-4H3,(H,24,29). The first kappa shape index (κ1) is 21.1. The third-order valence-corrected chi connectivity index (χ3v) is 5.23. The van der Waals surface area contributed by atoms with Gasteiger partial charge in [0.05, 0.1) is 12.0 Å². The number of nitrogens with one attached hydrogen (secondary N) is 3. The maximum atomic E-state index is 13.3. The fourth-order valence-corrected chi connectivity index (χ4v) is 3.66. The lowest BCUT2D eigenvalue weighted by molar-refractivity contribution is -0.117. The number of fused-ring (bicyclic) bond motifs is 2. The molecule has 1 aliphatic heterocycles. The highest BCUT2D eigenvalue weighted by Gasteiger charge is 2.42. The summed E-state index contributed by atoms with van der Waals surface area (Å²) in [6, 6.07) is 7.11. The van der Waals surface area contributed by atoms with Crippen molar-refractivity contribution in [3.8, 4) is 0 Å². The molecule has 1 heterocycles. The second-order valence-corrected chi connectivity index (χ2v) is 8.04. The normalized spacial score (nSPS) is 20.4. The van der Waals surface area contributed by atoms with Crippen molar-refractivity contribution in [1.29, 1.82) is 0 Å². The maximum Gasteiger partial charge on any atom is 0.249 e. The molecule has 0 bridgehead atoms. The number of para-hydroxylation sites is 1. The molecule has 0 radical (unpaired) electrons. The lowest BCUT2D eigenvalue weighted by atomic mass is 9.77. The highest BCUT2D eigenvalue weighted by atomic mass is 16.2. The molecular weight excluding hydrogens is 366 g/mol. The van der Waals surface area contributed by atoms with E-state index in [0.717, 1.165) is 31.0 Å². The van der Waals surface area contributed by atoms with Gasteiger partial charge < -0.3 is 25.8 Å². The number of carbonyl (C=O) groups excluding carboxylic acids is 2. The van der Waals surface area contributed by atoms with E-state index in [4.69, 9.17) is 0 Å². The summed E-state index contributed by atoms with van der Waals surface area (Å²) in [5.74, 6) is -0.531. The van der Waals surface area contributed by atoms with E-state index >= 15 is 0 Å². The van der Waals surface area contributed by atoms with Crippen LogP contribution in [0.4, 0.5) is 5.69 Å². The predicted molar refractivity (Wildman–Crippen MR) is 116 cm³/mol. The number of anilines is 1. The summed E-state index contributed by atoms with van der Waals surface area (Å²) in [4.78, 5) is 30.3. The van der Waals surface area contributed by atoms with Crippen molar-refractivity contribution in [2.24, 2.45) is 5.92 Å². The lowest BCUT2D eigenvalue weighted by Crippen LogP contribution is -2.49. The molecule has 3 rings (SSSR count). The van der Waals surface area contributed by atoms with E-state index in [1.54, 1.807) is 0 Å². The molecule has 156 valence electrons. The minimum absolute atomic E-state index is 0.0413. The molecule has 0 aromatic heterocycles. The molecule has 0 spiro atoms. The molecule has 0 saturated carbocycles. The minimum Gasteiger partial charge on any atom is -0.386 e. The molecule has 2 atom stereocenters. The Kier molecular flexibility index (Phi) is 6.71. The predicted octanol–water partition coefficient (Wildman–Crippen LogP) is 0.933. The van der Waals surface area contributed by atoms with Gasteiger partial charge in [-0.25, -0.2) is 0 Å². The molecule has 7 nitrogen and oxygen atoms in total. The number of hydrogen-bond donors (Lipinski definition) is 3. The van der Waals surface area contributed by atoms with Crippen LogP contribution in [0.2, 0.25) is 0 Å². The van der Waals surface area contributed by atoms with Crippen molar-refractivity contribution in [2.45, 2.75) is 6.04 Å². The monoisotopic (exact) mass is 397 g/mol. The number of carbonyl (C=O) groups is 2. The Morgan fingerprint density at radius 2 is 1.72 bits per heavy atom. The Morgan fingerprint density at radius 1 is 1.03 bits per heavy atom. The topological polar surface area (TPSA) is 76.7 Å². The number of benzene rings is 1. The van der Waals surface area contributed by atoms with E-state index in [1.807, 2.05) is 69.5 Å². The van der Waals surface area contributed by atoms with Gasteiger partial charge >= 0.3 is 0 Å². The summed E-state index contributed by atoms with van der Waals surface area (Å²) >= 11 is 0. The van der Waals surface area contributed by atoms with Crippen molar-refractivity contribution in [3.63, 3.8) is 0 Å². The van der Waals surface area contributed by atoms with Crippen LogP contribution in [0.25, 0.3) is 0 Å². The van der Waals surface area contributed by atoms with Gasteiger partial charge in [-0.2, -0.15) is 0 Å². The Bertz CT molecular complexity index is 828. The number of hydrogen-bond acceptors (Lipinski definition) is 6. The first-order chi connectivity index (χ1) is 13.9. The summed E-state index contributed by atoms with van der Waals surface area (Å²) in [5, 5.41) is 9.82. The summed E-state index contributed by atoms with van der Waals surface area (Å²) in [7, 11) is 7.96. The van der Waals surface area contributed by atoms with Gasteiger partial charge in [0.2, 0.25) is 5.91 Å². The average molecular weight is 398 g/mol. The van der Waals surface area contributed by atoms with Crippen LogP contribution in [0, 0.1) is 5.92 Å². The van der Waals surface area contributed by atoms with Crippen LogP contribution in [0.1, 0.15) is 10.4 Å². The molecule has 7 heteroatoms. The van der Waals surface area contributed by atoms with E-state index in [9.17, 15) is 9.59 Å². The maximum absolute atomic E-state index is 13.3. The SMILES string of the molecule is CN(C)CCNC(=O)C1=CC=C(NCCN(C)C)C2C(=O)c3ccccc3NC12. The van der Waals surface area contributed by atoms with Crippen molar-refractivity contribution < 1.29 is 9.59 Å². The number of Topliss-reactive ketones (excluding diaryl/α,β-unsaturated/α-hetero) is 1. The van der Waals surface area contributed by atoms with Gasteiger partial charge in [-0.15, -0.1) is 0 Å². The van der Waals surface area contributed by atoms with Crippen molar-refractivity contribution in [3.05, 3.63) is 53.3 Å². The van der Waals surface area contributed by atoms with Gasteiger partial charge in [-0.1, -0.05) is 12.1 Å². The van der Waals surface area contributed by atoms with Gasteiger partial charge in [-0.05, 0) is 52.5 Å². The first-order valence-corrected chi connectivity index (χ1v) is 10.0. The first-order valence-electron chi connectivity index (χ1n) is 10.0. The second kappa shape index (κ2) is 9.24. The number of allylic oxidation sites excluding steroid dienone is 2. The molecule has 1 amide bonds. The second-order valence-electron chi connectivity index (χ2n) is 8.04. The lowest BCUT2D eigenvalue weighted by Gasteiger charge is -2.38. The van der Waals surface area contributed by atoms with E-state index in [1.165, 1.54) is 0 Å².